The quantitative estimate of drug-likeness (QED) is 0.395. The molecule has 0 unspecified atom stereocenters. The second-order valence-corrected chi connectivity index (χ2v) is 6.46. The Morgan fingerprint density at radius 1 is 1.06 bits per heavy atom. The molecule has 1 aliphatic heterocycles. The van der Waals surface area contributed by atoms with Crippen molar-refractivity contribution in [2.75, 3.05) is 43.1 Å². The summed E-state index contributed by atoms with van der Waals surface area (Å²) in [6, 6.07) is 9.34. The third-order valence-electron chi connectivity index (χ3n) is 4.47. The van der Waals surface area contributed by atoms with Crippen molar-refractivity contribution in [3.63, 3.8) is 0 Å². The monoisotopic (exact) mass is 430 g/mol. The molecule has 0 spiro atoms. The molecule has 1 saturated heterocycles. The highest BCUT2D eigenvalue weighted by molar-refractivity contribution is 5.99. The second kappa shape index (κ2) is 9.63. The van der Waals surface area contributed by atoms with E-state index in [0.717, 1.165) is 6.07 Å². The Balaban J connectivity index is 1.73. The maximum Gasteiger partial charge on any atom is 0.341 e. The van der Waals surface area contributed by atoms with Gasteiger partial charge in [-0.15, -0.1) is 0 Å². The first-order chi connectivity index (χ1) is 14.9. The molecule has 2 aromatic carbocycles. The summed E-state index contributed by atoms with van der Waals surface area (Å²) in [7, 11) is 0. The number of hydrogen-bond donors (Lipinski definition) is 1. The predicted octanol–water partition coefficient (Wildman–Crippen LogP) is 2.14. The lowest BCUT2D eigenvalue weighted by Gasteiger charge is -2.30. The number of ether oxygens (including phenoxy) is 2. The molecule has 3 rings (SSSR count). The normalized spacial score (nSPS) is 13.4. The summed E-state index contributed by atoms with van der Waals surface area (Å²) in [5.74, 6) is -1.72. The number of non-ortho nitro benzene ring substituents is 1. The van der Waals surface area contributed by atoms with Gasteiger partial charge < -0.3 is 19.7 Å². The number of carbonyl (C=O) groups excluding carboxylic acids is 2. The van der Waals surface area contributed by atoms with Crippen molar-refractivity contribution in [3.05, 3.63) is 68.3 Å². The van der Waals surface area contributed by atoms with E-state index in [1.165, 1.54) is 36.4 Å². The number of nitro benzene ring substituents is 2. The number of morpholine rings is 1. The minimum atomic E-state index is -0.928. The fourth-order valence-corrected chi connectivity index (χ4v) is 3.01. The number of anilines is 2. The number of nitro groups is 2. The van der Waals surface area contributed by atoms with Gasteiger partial charge in [-0.05, 0) is 12.1 Å². The van der Waals surface area contributed by atoms with Crippen LogP contribution in [0.4, 0.5) is 22.7 Å². The Labute approximate surface area is 175 Å². The Bertz CT molecular complexity index is 1020. The zero-order valence-corrected chi connectivity index (χ0v) is 16.2. The molecule has 12 nitrogen and oxygen atoms in total. The molecule has 0 aromatic heterocycles. The third-order valence-corrected chi connectivity index (χ3v) is 4.47. The summed E-state index contributed by atoms with van der Waals surface area (Å²) in [4.78, 5) is 47.5. The van der Waals surface area contributed by atoms with Crippen LogP contribution in [0.3, 0.4) is 0 Å². The van der Waals surface area contributed by atoms with Crippen molar-refractivity contribution in [1.82, 2.24) is 0 Å². The Kier molecular flexibility index (Phi) is 6.72. The number of carbonyl (C=O) groups is 2. The molecule has 0 saturated carbocycles. The van der Waals surface area contributed by atoms with Crippen LogP contribution in [0.15, 0.2) is 42.5 Å². The molecule has 2 aromatic rings. The van der Waals surface area contributed by atoms with Gasteiger partial charge in [-0.25, -0.2) is 4.79 Å². The summed E-state index contributed by atoms with van der Waals surface area (Å²) >= 11 is 0. The van der Waals surface area contributed by atoms with Gasteiger partial charge in [0, 0.05) is 31.3 Å². The van der Waals surface area contributed by atoms with E-state index >= 15 is 0 Å². The first-order valence-electron chi connectivity index (χ1n) is 9.18. The average Bonchev–Trinajstić information content (AvgIpc) is 2.77. The number of esters is 1. The summed E-state index contributed by atoms with van der Waals surface area (Å²) in [6.45, 7) is 1.11. The van der Waals surface area contributed by atoms with Gasteiger partial charge >= 0.3 is 5.97 Å². The highest BCUT2D eigenvalue weighted by atomic mass is 16.6. The first-order valence-corrected chi connectivity index (χ1v) is 9.18. The molecule has 0 bridgehead atoms. The van der Waals surface area contributed by atoms with Crippen LogP contribution in [0.25, 0.3) is 0 Å². The summed E-state index contributed by atoms with van der Waals surface area (Å²) in [6.07, 6.45) is 0. The van der Waals surface area contributed by atoms with Gasteiger partial charge in [0.05, 0.1) is 34.3 Å². The van der Waals surface area contributed by atoms with Crippen molar-refractivity contribution < 1.29 is 28.9 Å². The van der Waals surface area contributed by atoms with Gasteiger partial charge in [-0.1, -0.05) is 12.1 Å². The fourth-order valence-electron chi connectivity index (χ4n) is 3.01. The number of amides is 1. The van der Waals surface area contributed by atoms with Gasteiger partial charge in [0.2, 0.25) is 0 Å². The van der Waals surface area contributed by atoms with Crippen molar-refractivity contribution >= 4 is 34.6 Å². The topological polar surface area (TPSA) is 154 Å². The predicted molar refractivity (Wildman–Crippen MR) is 108 cm³/mol. The molecule has 1 N–H and O–H groups in total. The van der Waals surface area contributed by atoms with Crippen LogP contribution >= 0.6 is 0 Å². The number of nitrogens with one attached hydrogen (secondary N) is 1. The fraction of sp³-hybridized carbons (Fsp3) is 0.263. The van der Waals surface area contributed by atoms with E-state index in [0.29, 0.717) is 32.0 Å². The smallest absolute Gasteiger partial charge is 0.341 e. The number of rotatable bonds is 7. The van der Waals surface area contributed by atoms with Crippen LogP contribution in [0.5, 0.6) is 0 Å². The van der Waals surface area contributed by atoms with E-state index in [1.807, 2.05) is 4.90 Å². The molecule has 31 heavy (non-hydrogen) atoms. The lowest BCUT2D eigenvalue weighted by Crippen LogP contribution is -2.37. The molecule has 1 aliphatic rings. The summed E-state index contributed by atoms with van der Waals surface area (Å²) in [5.41, 5.74) is -0.283. The van der Waals surface area contributed by atoms with Gasteiger partial charge in [0.15, 0.2) is 6.61 Å². The van der Waals surface area contributed by atoms with Crippen LogP contribution < -0.4 is 10.2 Å². The number of para-hydroxylation sites is 2. The van der Waals surface area contributed by atoms with Crippen LogP contribution in [0.1, 0.15) is 10.4 Å². The minimum Gasteiger partial charge on any atom is -0.452 e. The number of hydrogen-bond acceptors (Lipinski definition) is 9. The van der Waals surface area contributed by atoms with Gasteiger partial charge in [-0.3, -0.25) is 25.0 Å². The van der Waals surface area contributed by atoms with Crippen molar-refractivity contribution in [1.29, 1.82) is 0 Å². The minimum absolute atomic E-state index is 0.0436. The molecule has 0 aliphatic carbocycles. The van der Waals surface area contributed by atoms with Crippen LogP contribution in [0, 0.1) is 20.2 Å². The zero-order valence-electron chi connectivity index (χ0n) is 16.2. The summed E-state index contributed by atoms with van der Waals surface area (Å²) < 4.78 is 10.3. The summed E-state index contributed by atoms with van der Waals surface area (Å²) in [5, 5.41) is 24.5. The molecule has 0 atom stereocenters. The van der Waals surface area contributed by atoms with Gasteiger partial charge in [-0.2, -0.15) is 0 Å². The highest BCUT2D eigenvalue weighted by Gasteiger charge is 2.24. The molecule has 12 heteroatoms. The molecule has 1 amide bonds. The van der Waals surface area contributed by atoms with Crippen LogP contribution in [-0.2, 0) is 14.3 Å². The van der Waals surface area contributed by atoms with E-state index < -0.39 is 28.3 Å². The van der Waals surface area contributed by atoms with E-state index in [4.69, 9.17) is 9.47 Å². The molecule has 0 radical (unpaired) electrons. The van der Waals surface area contributed by atoms with E-state index in [-0.39, 0.29) is 22.6 Å². The number of benzene rings is 2. The van der Waals surface area contributed by atoms with Gasteiger partial charge in [0.25, 0.3) is 17.3 Å². The van der Waals surface area contributed by atoms with E-state index in [1.54, 1.807) is 0 Å². The molecular weight excluding hydrogens is 412 g/mol. The van der Waals surface area contributed by atoms with E-state index in [2.05, 4.69) is 5.32 Å². The Hall–Kier alpha value is -4.06. The molecular formula is C19H18N4O8. The van der Waals surface area contributed by atoms with Gasteiger partial charge in [0.1, 0.15) is 5.69 Å². The lowest BCUT2D eigenvalue weighted by atomic mass is 10.1. The molecule has 162 valence electrons. The van der Waals surface area contributed by atoms with E-state index in [9.17, 15) is 29.8 Å². The molecule has 1 fully saturated rings. The zero-order chi connectivity index (χ0) is 22.4. The average molecular weight is 430 g/mol. The Morgan fingerprint density at radius 3 is 2.45 bits per heavy atom. The third kappa shape index (κ3) is 5.30. The standard InChI is InChI=1S/C19H18N4O8/c24-18(20-15-3-1-2-4-17(15)23(28)29)12-31-19(25)14-11-13(22(26)27)5-6-16(14)21-7-9-30-10-8-21/h1-6,11H,7-10,12H2,(H,20,24). The largest absolute Gasteiger partial charge is 0.452 e. The van der Waals surface area contributed by atoms with Crippen LogP contribution in [0.2, 0.25) is 0 Å². The SMILES string of the molecule is O=C(COC(=O)c1cc([N+](=O)[O-])ccc1N1CCOCC1)Nc1ccccc1[N+](=O)[O-]. The maximum atomic E-state index is 12.6. The highest BCUT2D eigenvalue weighted by Crippen LogP contribution is 2.27. The maximum absolute atomic E-state index is 12.6. The van der Waals surface area contributed by atoms with Crippen LogP contribution in [-0.4, -0.2) is 54.6 Å². The first kappa shape index (κ1) is 21.6. The van der Waals surface area contributed by atoms with Crippen molar-refractivity contribution in [3.8, 4) is 0 Å². The van der Waals surface area contributed by atoms with Crippen molar-refractivity contribution in [2.45, 2.75) is 0 Å². The second-order valence-electron chi connectivity index (χ2n) is 6.46. The lowest BCUT2D eigenvalue weighted by molar-refractivity contribution is -0.384. The molecule has 1 heterocycles. The van der Waals surface area contributed by atoms with Crippen molar-refractivity contribution in [2.24, 2.45) is 0 Å². The number of nitrogens with zero attached hydrogens (tertiary/aromatic N) is 3. The Morgan fingerprint density at radius 2 is 1.77 bits per heavy atom.